The van der Waals surface area contributed by atoms with Gasteiger partial charge in [-0.25, -0.2) is 0 Å². The third kappa shape index (κ3) is 3.18. The molecule has 1 aromatic rings. The first-order valence-corrected chi connectivity index (χ1v) is 8.79. The number of hydrogen-bond donors (Lipinski definition) is 1. The largest absolute Gasteiger partial charge is 0.342 e. The van der Waals surface area contributed by atoms with E-state index in [0.717, 1.165) is 29.7 Å². The van der Waals surface area contributed by atoms with Crippen LogP contribution in [-0.2, 0) is 9.59 Å². The van der Waals surface area contributed by atoms with Gasteiger partial charge in [-0.1, -0.05) is 17.7 Å². The normalized spacial score (nSPS) is 22.3. The predicted molar refractivity (Wildman–Crippen MR) is 94.9 cm³/mol. The SMILES string of the molecule is Cc1cc(C)c(N2CC(C(=O)N3CCC(N)CC3)CC2=O)c(C)c1. The second-order valence-corrected chi connectivity index (χ2v) is 7.32. The third-order valence-electron chi connectivity index (χ3n) is 5.23. The van der Waals surface area contributed by atoms with Gasteiger partial charge in [-0.3, -0.25) is 9.59 Å². The Morgan fingerprint density at radius 1 is 1.12 bits per heavy atom. The van der Waals surface area contributed by atoms with E-state index in [9.17, 15) is 9.59 Å². The van der Waals surface area contributed by atoms with Gasteiger partial charge in [0.15, 0.2) is 0 Å². The topological polar surface area (TPSA) is 66.6 Å². The van der Waals surface area contributed by atoms with Gasteiger partial charge in [0.05, 0.1) is 5.92 Å². The highest BCUT2D eigenvalue weighted by Crippen LogP contribution is 2.32. The van der Waals surface area contributed by atoms with Crippen LogP contribution in [0.3, 0.4) is 0 Å². The Balaban J connectivity index is 1.76. The van der Waals surface area contributed by atoms with Crippen LogP contribution in [0.25, 0.3) is 0 Å². The quantitative estimate of drug-likeness (QED) is 0.901. The van der Waals surface area contributed by atoms with Crippen molar-refractivity contribution in [2.75, 3.05) is 24.5 Å². The minimum absolute atomic E-state index is 0.0529. The number of carbonyl (C=O) groups is 2. The summed E-state index contributed by atoms with van der Waals surface area (Å²) in [4.78, 5) is 29.0. The molecule has 2 heterocycles. The predicted octanol–water partition coefficient (Wildman–Crippen LogP) is 1.91. The van der Waals surface area contributed by atoms with Gasteiger partial charge in [0.2, 0.25) is 11.8 Å². The summed E-state index contributed by atoms with van der Waals surface area (Å²) in [5.74, 6) is -0.0655. The molecule has 3 rings (SSSR count). The second kappa shape index (κ2) is 6.55. The van der Waals surface area contributed by atoms with E-state index in [-0.39, 0.29) is 23.8 Å². The number of amides is 2. The van der Waals surface area contributed by atoms with Crippen LogP contribution < -0.4 is 10.6 Å². The van der Waals surface area contributed by atoms with E-state index in [1.54, 1.807) is 0 Å². The molecule has 2 saturated heterocycles. The van der Waals surface area contributed by atoms with Gasteiger partial charge in [-0.15, -0.1) is 0 Å². The van der Waals surface area contributed by atoms with E-state index in [2.05, 4.69) is 19.1 Å². The molecule has 5 nitrogen and oxygen atoms in total. The van der Waals surface area contributed by atoms with E-state index in [0.29, 0.717) is 26.1 Å². The minimum Gasteiger partial charge on any atom is -0.342 e. The Hall–Kier alpha value is -1.88. The molecule has 0 aromatic heterocycles. The highest BCUT2D eigenvalue weighted by molar-refractivity contribution is 6.01. The Labute approximate surface area is 143 Å². The average molecular weight is 329 g/mol. The number of carbonyl (C=O) groups excluding carboxylic acids is 2. The van der Waals surface area contributed by atoms with Gasteiger partial charge in [0, 0.05) is 37.8 Å². The number of nitrogens with zero attached hydrogens (tertiary/aromatic N) is 2. The molecule has 2 aliphatic heterocycles. The first-order chi connectivity index (χ1) is 11.4. The average Bonchev–Trinajstić information content (AvgIpc) is 2.88. The van der Waals surface area contributed by atoms with Gasteiger partial charge in [-0.05, 0) is 44.7 Å². The first kappa shape index (κ1) is 17.0. The molecule has 1 unspecified atom stereocenters. The van der Waals surface area contributed by atoms with Gasteiger partial charge in [0.1, 0.15) is 0 Å². The van der Waals surface area contributed by atoms with Crippen LogP contribution in [0.4, 0.5) is 5.69 Å². The lowest BCUT2D eigenvalue weighted by Gasteiger charge is -2.32. The standard InChI is InChI=1S/C19H27N3O2/c1-12-8-13(2)18(14(3)9-12)22-11-15(10-17(22)23)19(24)21-6-4-16(20)5-7-21/h8-9,15-16H,4-7,10-11,20H2,1-3H3. The molecule has 0 aliphatic carbocycles. The maximum absolute atomic E-state index is 12.8. The van der Waals surface area contributed by atoms with Crippen LogP contribution >= 0.6 is 0 Å². The van der Waals surface area contributed by atoms with Crippen molar-refractivity contribution in [3.63, 3.8) is 0 Å². The fourth-order valence-electron chi connectivity index (χ4n) is 4.07. The molecule has 2 N–H and O–H groups in total. The fourth-order valence-corrected chi connectivity index (χ4v) is 4.07. The van der Waals surface area contributed by atoms with Crippen LogP contribution in [-0.4, -0.2) is 42.4 Å². The highest BCUT2D eigenvalue weighted by atomic mass is 16.2. The Kier molecular flexibility index (Phi) is 4.63. The first-order valence-electron chi connectivity index (χ1n) is 8.79. The molecule has 1 aromatic carbocycles. The Bertz CT molecular complexity index is 640. The zero-order valence-corrected chi connectivity index (χ0v) is 14.8. The van der Waals surface area contributed by atoms with Crippen molar-refractivity contribution < 1.29 is 9.59 Å². The third-order valence-corrected chi connectivity index (χ3v) is 5.23. The van der Waals surface area contributed by atoms with E-state index < -0.39 is 0 Å². The van der Waals surface area contributed by atoms with E-state index in [1.807, 2.05) is 23.6 Å². The molecular formula is C19H27N3O2. The van der Waals surface area contributed by atoms with E-state index in [4.69, 9.17) is 5.73 Å². The van der Waals surface area contributed by atoms with Crippen molar-refractivity contribution in [3.8, 4) is 0 Å². The summed E-state index contributed by atoms with van der Waals surface area (Å²) in [6.07, 6.45) is 2.02. The molecule has 0 bridgehead atoms. The number of piperidine rings is 1. The molecule has 2 fully saturated rings. The molecule has 1 atom stereocenters. The van der Waals surface area contributed by atoms with E-state index in [1.165, 1.54) is 5.56 Å². The van der Waals surface area contributed by atoms with Crippen molar-refractivity contribution in [2.24, 2.45) is 11.7 Å². The zero-order valence-electron chi connectivity index (χ0n) is 14.8. The fraction of sp³-hybridized carbons (Fsp3) is 0.579. The minimum atomic E-state index is -0.230. The monoisotopic (exact) mass is 329 g/mol. The number of likely N-dealkylation sites (tertiary alicyclic amines) is 1. The van der Waals surface area contributed by atoms with Crippen molar-refractivity contribution in [3.05, 3.63) is 28.8 Å². The van der Waals surface area contributed by atoms with Crippen molar-refractivity contribution >= 4 is 17.5 Å². The van der Waals surface area contributed by atoms with Gasteiger partial charge in [-0.2, -0.15) is 0 Å². The highest BCUT2D eigenvalue weighted by Gasteiger charge is 2.38. The van der Waals surface area contributed by atoms with Crippen molar-refractivity contribution in [2.45, 2.75) is 46.1 Å². The lowest BCUT2D eigenvalue weighted by atomic mass is 10.0. The number of benzene rings is 1. The van der Waals surface area contributed by atoms with E-state index >= 15 is 0 Å². The van der Waals surface area contributed by atoms with Crippen LogP contribution in [0.1, 0.15) is 36.0 Å². The van der Waals surface area contributed by atoms with Crippen molar-refractivity contribution in [1.29, 1.82) is 0 Å². The number of nitrogens with two attached hydrogens (primary N) is 1. The van der Waals surface area contributed by atoms with Crippen LogP contribution in [0, 0.1) is 26.7 Å². The maximum atomic E-state index is 12.8. The Morgan fingerprint density at radius 3 is 2.29 bits per heavy atom. The summed E-state index contributed by atoms with van der Waals surface area (Å²) in [5.41, 5.74) is 10.3. The second-order valence-electron chi connectivity index (χ2n) is 7.32. The van der Waals surface area contributed by atoms with Gasteiger partial charge >= 0.3 is 0 Å². The molecule has 0 radical (unpaired) electrons. The van der Waals surface area contributed by atoms with Gasteiger partial charge in [0.25, 0.3) is 0 Å². The molecule has 2 aliphatic rings. The molecule has 2 amide bonds. The van der Waals surface area contributed by atoms with Crippen molar-refractivity contribution in [1.82, 2.24) is 4.90 Å². The summed E-state index contributed by atoms with van der Waals surface area (Å²) >= 11 is 0. The number of anilines is 1. The lowest BCUT2D eigenvalue weighted by Crippen LogP contribution is -2.45. The summed E-state index contributed by atoms with van der Waals surface area (Å²) in [5, 5.41) is 0. The Morgan fingerprint density at radius 2 is 1.71 bits per heavy atom. The number of hydrogen-bond acceptors (Lipinski definition) is 3. The molecule has 5 heteroatoms. The van der Waals surface area contributed by atoms with Crippen LogP contribution in [0.5, 0.6) is 0 Å². The summed E-state index contributed by atoms with van der Waals surface area (Å²) in [7, 11) is 0. The molecule has 24 heavy (non-hydrogen) atoms. The summed E-state index contributed by atoms with van der Waals surface area (Å²) < 4.78 is 0. The zero-order chi connectivity index (χ0) is 17.4. The lowest BCUT2D eigenvalue weighted by molar-refractivity contribution is -0.136. The number of aryl methyl sites for hydroxylation is 3. The van der Waals surface area contributed by atoms with Crippen LogP contribution in [0.2, 0.25) is 0 Å². The molecule has 0 saturated carbocycles. The maximum Gasteiger partial charge on any atom is 0.228 e. The van der Waals surface area contributed by atoms with Crippen LogP contribution in [0.15, 0.2) is 12.1 Å². The number of rotatable bonds is 2. The summed E-state index contributed by atoms with van der Waals surface area (Å²) in [6.45, 7) is 8.04. The summed E-state index contributed by atoms with van der Waals surface area (Å²) in [6, 6.07) is 4.39. The molecule has 0 spiro atoms. The smallest absolute Gasteiger partial charge is 0.228 e. The van der Waals surface area contributed by atoms with Gasteiger partial charge < -0.3 is 15.5 Å². The molecular weight excluding hydrogens is 302 g/mol. The molecule has 130 valence electrons.